The molecule has 1 heterocycles. The maximum Gasteiger partial charge on any atom is 0.239 e. The summed E-state index contributed by atoms with van der Waals surface area (Å²) >= 11 is 1.80. The third kappa shape index (κ3) is 3.74. The molecule has 2 aliphatic rings. The minimum Gasteiger partial charge on any atom is -0.341 e. The van der Waals surface area contributed by atoms with Gasteiger partial charge in [0.05, 0.1) is 4.75 Å². The molecule has 3 rings (SSSR count). The van der Waals surface area contributed by atoms with E-state index in [4.69, 9.17) is 5.73 Å². The molecule has 1 aromatic carbocycles. The van der Waals surface area contributed by atoms with Crippen LogP contribution in [0.4, 0.5) is 0 Å². The summed E-state index contributed by atoms with van der Waals surface area (Å²) in [5.41, 5.74) is 7.05. The summed E-state index contributed by atoms with van der Waals surface area (Å²) in [6.07, 6.45) is 6.50. The van der Waals surface area contributed by atoms with E-state index in [-0.39, 0.29) is 4.75 Å². The summed E-state index contributed by atoms with van der Waals surface area (Å²) < 4.78 is -0.231. The molecule has 3 nitrogen and oxygen atoms in total. The maximum atomic E-state index is 13.3. The van der Waals surface area contributed by atoms with Gasteiger partial charge in [0, 0.05) is 18.0 Å². The molecule has 126 valence electrons. The fourth-order valence-electron chi connectivity index (χ4n) is 3.80. The van der Waals surface area contributed by atoms with Crippen LogP contribution in [-0.4, -0.2) is 35.2 Å². The highest BCUT2D eigenvalue weighted by Gasteiger charge is 2.45. The summed E-state index contributed by atoms with van der Waals surface area (Å²) in [5, 5.41) is 0. The highest BCUT2D eigenvalue weighted by Crippen LogP contribution is 2.47. The van der Waals surface area contributed by atoms with Crippen molar-refractivity contribution in [3.8, 4) is 0 Å². The molecule has 0 bridgehead atoms. The molecule has 0 unspecified atom stereocenters. The van der Waals surface area contributed by atoms with Crippen molar-refractivity contribution in [3.05, 3.63) is 29.8 Å². The Balaban J connectivity index is 1.72. The quantitative estimate of drug-likeness (QED) is 0.916. The van der Waals surface area contributed by atoms with Crippen LogP contribution in [0.5, 0.6) is 0 Å². The molecule has 0 radical (unpaired) electrons. The molecule has 0 atom stereocenters. The minimum absolute atomic E-state index is 0.231. The largest absolute Gasteiger partial charge is 0.341 e. The molecule has 1 aliphatic carbocycles. The lowest BCUT2D eigenvalue weighted by Crippen LogP contribution is -2.49. The number of nitrogens with zero attached hydrogens (tertiary/aromatic N) is 1. The second kappa shape index (κ2) is 7.27. The van der Waals surface area contributed by atoms with E-state index in [0.717, 1.165) is 45.3 Å². The molecule has 0 spiro atoms. The van der Waals surface area contributed by atoms with E-state index in [0.29, 0.717) is 11.8 Å². The van der Waals surface area contributed by atoms with E-state index >= 15 is 0 Å². The Morgan fingerprint density at radius 1 is 1.22 bits per heavy atom. The molecular formula is C19H28N2OS. The highest BCUT2D eigenvalue weighted by atomic mass is 32.2. The Hall–Kier alpha value is -1.00. The molecule has 2 N–H and O–H groups in total. The van der Waals surface area contributed by atoms with Gasteiger partial charge in [0.25, 0.3) is 0 Å². The van der Waals surface area contributed by atoms with Gasteiger partial charge in [-0.3, -0.25) is 4.79 Å². The van der Waals surface area contributed by atoms with Crippen LogP contribution >= 0.6 is 11.8 Å². The first kappa shape index (κ1) is 16.8. The zero-order valence-electron chi connectivity index (χ0n) is 14.1. The standard InChI is InChI=1S/C19H28N2OS/c1-15-4-6-17(7-5-15)23-19(10-2-3-11-19)18(22)21-12-8-16(14-20)9-13-21/h4-7,16H,2-3,8-14,20H2,1H3. The lowest BCUT2D eigenvalue weighted by molar-refractivity contribution is -0.135. The van der Waals surface area contributed by atoms with E-state index in [1.54, 1.807) is 11.8 Å². The average molecular weight is 333 g/mol. The number of benzene rings is 1. The smallest absolute Gasteiger partial charge is 0.239 e. The van der Waals surface area contributed by atoms with Crippen molar-refractivity contribution >= 4 is 17.7 Å². The third-order valence-electron chi connectivity index (χ3n) is 5.37. The monoisotopic (exact) mass is 332 g/mol. The summed E-state index contributed by atoms with van der Waals surface area (Å²) in [4.78, 5) is 16.6. The van der Waals surface area contributed by atoms with Gasteiger partial charge < -0.3 is 10.6 Å². The van der Waals surface area contributed by atoms with Crippen molar-refractivity contribution in [1.82, 2.24) is 4.90 Å². The first-order valence-electron chi connectivity index (χ1n) is 8.88. The Kier molecular flexibility index (Phi) is 5.32. The van der Waals surface area contributed by atoms with E-state index in [1.807, 2.05) is 0 Å². The highest BCUT2D eigenvalue weighted by molar-refractivity contribution is 8.01. The van der Waals surface area contributed by atoms with Crippen LogP contribution < -0.4 is 5.73 Å². The van der Waals surface area contributed by atoms with Gasteiger partial charge in [-0.25, -0.2) is 0 Å². The van der Waals surface area contributed by atoms with Crippen LogP contribution in [0.15, 0.2) is 29.2 Å². The van der Waals surface area contributed by atoms with Gasteiger partial charge in [0.15, 0.2) is 0 Å². The molecule has 1 saturated carbocycles. The summed E-state index contributed by atoms with van der Waals surface area (Å²) in [5.74, 6) is 0.972. The molecule has 23 heavy (non-hydrogen) atoms. The summed E-state index contributed by atoms with van der Waals surface area (Å²) in [6, 6.07) is 8.60. The van der Waals surface area contributed by atoms with Crippen molar-refractivity contribution < 1.29 is 4.79 Å². The number of likely N-dealkylation sites (tertiary alicyclic amines) is 1. The van der Waals surface area contributed by atoms with Crippen LogP contribution in [0.3, 0.4) is 0 Å². The third-order valence-corrected chi connectivity index (χ3v) is 6.85. The zero-order chi connectivity index (χ0) is 16.3. The molecule has 1 amide bonds. The zero-order valence-corrected chi connectivity index (χ0v) is 14.9. The van der Waals surface area contributed by atoms with Crippen molar-refractivity contribution in [2.75, 3.05) is 19.6 Å². The molecule has 0 aromatic heterocycles. The van der Waals surface area contributed by atoms with Crippen molar-refractivity contribution in [2.24, 2.45) is 11.7 Å². The molecule has 2 fully saturated rings. The second-order valence-electron chi connectivity index (χ2n) is 7.09. The van der Waals surface area contributed by atoms with E-state index in [9.17, 15) is 4.79 Å². The van der Waals surface area contributed by atoms with Crippen molar-refractivity contribution in [2.45, 2.75) is 55.1 Å². The van der Waals surface area contributed by atoms with Gasteiger partial charge in [-0.05, 0) is 57.2 Å². The fraction of sp³-hybridized carbons (Fsp3) is 0.632. The van der Waals surface area contributed by atoms with E-state index in [2.05, 4.69) is 36.1 Å². The second-order valence-corrected chi connectivity index (χ2v) is 8.54. The molecule has 1 aromatic rings. The first-order valence-corrected chi connectivity index (χ1v) is 9.70. The van der Waals surface area contributed by atoms with Crippen molar-refractivity contribution in [1.29, 1.82) is 0 Å². The molecule has 1 saturated heterocycles. The predicted molar refractivity (Wildman–Crippen MR) is 96.6 cm³/mol. The number of hydrogen-bond acceptors (Lipinski definition) is 3. The molecule has 1 aliphatic heterocycles. The van der Waals surface area contributed by atoms with Gasteiger partial charge in [-0.15, -0.1) is 11.8 Å². The van der Waals surface area contributed by atoms with Crippen molar-refractivity contribution in [3.63, 3.8) is 0 Å². The number of amides is 1. The predicted octanol–water partition coefficient (Wildman–Crippen LogP) is 3.60. The number of aryl methyl sites for hydroxylation is 1. The van der Waals surface area contributed by atoms with E-state index < -0.39 is 0 Å². The lowest BCUT2D eigenvalue weighted by Gasteiger charge is -2.38. The van der Waals surface area contributed by atoms with Crippen LogP contribution in [-0.2, 0) is 4.79 Å². The summed E-state index contributed by atoms with van der Waals surface area (Å²) in [7, 11) is 0. The Morgan fingerprint density at radius 2 is 1.83 bits per heavy atom. The average Bonchev–Trinajstić information content (AvgIpc) is 3.06. The number of rotatable bonds is 4. The lowest BCUT2D eigenvalue weighted by atomic mass is 9.95. The Morgan fingerprint density at radius 3 is 2.39 bits per heavy atom. The van der Waals surface area contributed by atoms with Crippen LogP contribution in [0, 0.1) is 12.8 Å². The van der Waals surface area contributed by atoms with Gasteiger partial charge in [0.2, 0.25) is 5.91 Å². The molecular weight excluding hydrogens is 304 g/mol. The fourth-order valence-corrected chi connectivity index (χ4v) is 5.23. The van der Waals surface area contributed by atoms with Crippen LogP contribution in [0.2, 0.25) is 0 Å². The van der Waals surface area contributed by atoms with Gasteiger partial charge in [0.1, 0.15) is 0 Å². The Labute approximate surface area is 144 Å². The van der Waals surface area contributed by atoms with E-state index in [1.165, 1.54) is 23.3 Å². The first-order chi connectivity index (χ1) is 11.1. The topological polar surface area (TPSA) is 46.3 Å². The van der Waals surface area contributed by atoms with Gasteiger partial charge in [-0.1, -0.05) is 30.5 Å². The maximum absolute atomic E-state index is 13.3. The molecule has 4 heteroatoms. The summed E-state index contributed by atoms with van der Waals surface area (Å²) in [6.45, 7) is 4.63. The van der Waals surface area contributed by atoms with Gasteiger partial charge >= 0.3 is 0 Å². The number of nitrogens with two attached hydrogens (primary N) is 1. The number of piperidine rings is 1. The minimum atomic E-state index is -0.231. The number of thioether (sulfide) groups is 1. The Bertz CT molecular complexity index is 529. The number of carbonyl (C=O) groups is 1. The number of carbonyl (C=O) groups excluding carboxylic acids is 1. The van der Waals surface area contributed by atoms with Gasteiger partial charge in [-0.2, -0.15) is 0 Å². The van der Waals surface area contributed by atoms with Crippen LogP contribution in [0.1, 0.15) is 44.1 Å². The van der Waals surface area contributed by atoms with Crippen LogP contribution in [0.25, 0.3) is 0 Å². The SMILES string of the molecule is Cc1ccc(SC2(C(=O)N3CCC(CN)CC3)CCCC2)cc1. The normalized spacial score (nSPS) is 21.6. The number of hydrogen-bond donors (Lipinski definition) is 1.